The molecule has 2 heterocycles. The van der Waals surface area contributed by atoms with Crippen LogP contribution in [-0.4, -0.2) is 46.6 Å². The van der Waals surface area contributed by atoms with Gasteiger partial charge in [-0.05, 0) is 42.7 Å². The molecule has 2 aliphatic heterocycles. The van der Waals surface area contributed by atoms with Gasteiger partial charge in [0.1, 0.15) is 5.75 Å². The fraction of sp³-hybridized carbons (Fsp3) is 0.400. The molecule has 144 valence electrons. The molecule has 0 unspecified atom stereocenters. The number of anilines is 2. The van der Waals surface area contributed by atoms with Crippen LogP contribution < -0.4 is 13.3 Å². The first-order valence-electron chi connectivity index (χ1n) is 9.23. The molecule has 1 fully saturated rings. The Hall–Kier alpha value is -2.25. The number of para-hydroxylation sites is 2. The van der Waals surface area contributed by atoms with E-state index in [2.05, 4.69) is 17.0 Å². The van der Waals surface area contributed by atoms with Crippen molar-refractivity contribution < 1.29 is 13.2 Å². The van der Waals surface area contributed by atoms with Gasteiger partial charge in [-0.15, -0.1) is 0 Å². The number of hydrogen-bond donors (Lipinski definition) is 0. The smallest absolute Gasteiger partial charge is 0.326 e. The molecular weight excluding hydrogens is 362 g/mol. The first-order chi connectivity index (χ1) is 13.0. The van der Waals surface area contributed by atoms with Gasteiger partial charge < -0.3 is 4.74 Å². The summed E-state index contributed by atoms with van der Waals surface area (Å²) in [6.07, 6.45) is 1.65. The van der Waals surface area contributed by atoms with Gasteiger partial charge in [-0.25, -0.2) is 4.31 Å². The van der Waals surface area contributed by atoms with Gasteiger partial charge in [0, 0.05) is 32.7 Å². The minimum Gasteiger partial charge on any atom is -0.497 e. The molecule has 0 saturated carbocycles. The van der Waals surface area contributed by atoms with Gasteiger partial charge in [-0.1, -0.05) is 24.3 Å². The predicted octanol–water partition coefficient (Wildman–Crippen LogP) is 2.86. The molecule has 0 atom stereocenters. The number of ether oxygens (including phenoxy) is 1. The van der Waals surface area contributed by atoms with Crippen molar-refractivity contribution in [2.24, 2.45) is 0 Å². The molecule has 1 saturated heterocycles. The summed E-state index contributed by atoms with van der Waals surface area (Å²) in [4.78, 5) is 2.38. The molecule has 0 N–H and O–H groups in total. The van der Waals surface area contributed by atoms with E-state index in [1.54, 1.807) is 18.5 Å². The average Bonchev–Trinajstić information content (AvgIpc) is 2.89. The zero-order valence-electron chi connectivity index (χ0n) is 15.7. The third-order valence-corrected chi connectivity index (χ3v) is 7.36. The lowest BCUT2D eigenvalue weighted by atomic mass is 10.0. The van der Waals surface area contributed by atoms with Gasteiger partial charge in [0.05, 0.1) is 18.5 Å². The Bertz CT molecular complexity index is 924. The molecule has 0 radical (unpaired) electrons. The average molecular weight is 388 g/mol. The molecule has 0 aromatic heterocycles. The molecule has 0 spiro atoms. The van der Waals surface area contributed by atoms with Crippen molar-refractivity contribution in [1.29, 1.82) is 0 Å². The van der Waals surface area contributed by atoms with E-state index in [4.69, 9.17) is 4.74 Å². The van der Waals surface area contributed by atoms with E-state index < -0.39 is 10.2 Å². The minimum atomic E-state index is -3.48. The van der Waals surface area contributed by atoms with E-state index in [1.165, 1.54) is 9.87 Å². The van der Waals surface area contributed by atoms with Gasteiger partial charge in [-0.2, -0.15) is 8.42 Å². The second kappa shape index (κ2) is 7.05. The Morgan fingerprint density at radius 1 is 1.04 bits per heavy atom. The standard InChI is InChI=1S/C20H25N3O3S/c1-21-19-8-3-4-9-20(19)23(27(21,24)25)17-10-12-22(13-11-17)15-16-6-5-7-18(14-16)26-2/h3-9,14,17H,10-13,15H2,1-2H3. The Balaban J connectivity index is 1.46. The molecule has 2 aromatic rings. The summed E-state index contributed by atoms with van der Waals surface area (Å²) >= 11 is 0. The number of benzene rings is 2. The fourth-order valence-electron chi connectivity index (χ4n) is 4.02. The van der Waals surface area contributed by atoms with Crippen molar-refractivity contribution in [3.63, 3.8) is 0 Å². The summed E-state index contributed by atoms with van der Waals surface area (Å²) < 4.78 is 34.2. The van der Waals surface area contributed by atoms with Crippen molar-refractivity contribution in [1.82, 2.24) is 4.90 Å². The van der Waals surface area contributed by atoms with Crippen molar-refractivity contribution in [3.05, 3.63) is 54.1 Å². The second-order valence-electron chi connectivity index (χ2n) is 7.12. The zero-order valence-corrected chi connectivity index (χ0v) is 16.5. The van der Waals surface area contributed by atoms with E-state index in [0.29, 0.717) is 0 Å². The lowest BCUT2D eigenvalue weighted by molar-refractivity contribution is 0.206. The monoisotopic (exact) mass is 387 g/mol. The van der Waals surface area contributed by atoms with Crippen LogP contribution in [0.3, 0.4) is 0 Å². The van der Waals surface area contributed by atoms with Crippen LogP contribution in [0.25, 0.3) is 0 Å². The van der Waals surface area contributed by atoms with Crippen molar-refractivity contribution in [2.45, 2.75) is 25.4 Å². The highest BCUT2D eigenvalue weighted by molar-refractivity contribution is 7.94. The number of hydrogen-bond acceptors (Lipinski definition) is 4. The SMILES string of the molecule is COc1cccc(CN2CCC(N3c4ccccc4N(C)S3(=O)=O)CC2)c1. The van der Waals surface area contributed by atoms with E-state index in [-0.39, 0.29) is 6.04 Å². The molecule has 0 amide bonds. The van der Waals surface area contributed by atoms with Crippen LogP contribution in [0, 0.1) is 0 Å². The maximum atomic E-state index is 12.9. The molecular formula is C20H25N3O3S. The van der Waals surface area contributed by atoms with Crippen molar-refractivity contribution in [3.8, 4) is 5.75 Å². The number of nitrogens with zero attached hydrogens (tertiary/aromatic N) is 3. The van der Waals surface area contributed by atoms with E-state index in [9.17, 15) is 8.42 Å². The normalized spacial score (nSPS) is 19.9. The number of methoxy groups -OCH3 is 1. The van der Waals surface area contributed by atoms with Crippen LogP contribution in [0.15, 0.2) is 48.5 Å². The minimum absolute atomic E-state index is 0.00246. The lowest BCUT2D eigenvalue weighted by Gasteiger charge is -2.36. The van der Waals surface area contributed by atoms with E-state index in [0.717, 1.165) is 49.6 Å². The predicted molar refractivity (Wildman–Crippen MR) is 108 cm³/mol. The van der Waals surface area contributed by atoms with Gasteiger partial charge >= 0.3 is 10.2 Å². The van der Waals surface area contributed by atoms with Crippen LogP contribution in [0.5, 0.6) is 5.75 Å². The Morgan fingerprint density at radius 3 is 2.44 bits per heavy atom. The highest BCUT2D eigenvalue weighted by Crippen LogP contribution is 2.42. The molecule has 6 nitrogen and oxygen atoms in total. The third kappa shape index (κ3) is 3.26. The molecule has 0 bridgehead atoms. The van der Waals surface area contributed by atoms with Crippen LogP contribution in [0.2, 0.25) is 0 Å². The van der Waals surface area contributed by atoms with E-state index in [1.807, 2.05) is 36.4 Å². The van der Waals surface area contributed by atoms with Gasteiger partial charge in [-0.3, -0.25) is 9.21 Å². The summed E-state index contributed by atoms with van der Waals surface area (Å²) in [6.45, 7) is 2.60. The highest BCUT2D eigenvalue weighted by Gasteiger charge is 2.42. The van der Waals surface area contributed by atoms with Gasteiger partial charge in [0.2, 0.25) is 0 Å². The maximum Gasteiger partial charge on any atom is 0.326 e. The number of piperidine rings is 1. The first kappa shape index (κ1) is 18.1. The second-order valence-corrected chi connectivity index (χ2v) is 8.96. The summed E-state index contributed by atoms with van der Waals surface area (Å²) in [5, 5.41) is 0. The molecule has 2 aromatic carbocycles. The highest BCUT2D eigenvalue weighted by atomic mass is 32.2. The number of fused-ring (bicyclic) bond motifs is 1. The Morgan fingerprint density at radius 2 is 1.74 bits per heavy atom. The Kier molecular flexibility index (Phi) is 4.74. The first-order valence-corrected chi connectivity index (χ1v) is 10.6. The van der Waals surface area contributed by atoms with E-state index >= 15 is 0 Å². The number of rotatable bonds is 4. The fourth-order valence-corrected chi connectivity index (χ4v) is 5.68. The molecule has 27 heavy (non-hydrogen) atoms. The third-order valence-electron chi connectivity index (χ3n) is 5.48. The lowest BCUT2D eigenvalue weighted by Crippen LogP contribution is -2.48. The quantitative estimate of drug-likeness (QED) is 0.810. The molecule has 2 aliphatic rings. The Labute approximate surface area is 161 Å². The molecule has 0 aliphatic carbocycles. The van der Waals surface area contributed by atoms with Crippen LogP contribution >= 0.6 is 0 Å². The van der Waals surface area contributed by atoms with Crippen LogP contribution in [0.1, 0.15) is 18.4 Å². The maximum absolute atomic E-state index is 12.9. The summed E-state index contributed by atoms with van der Waals surface area (Å²) in [5.74, 6) is 0.866. The summed E-state index contributed by atoms with van der Waals surface area (Å²) in [5.41, 5.74) is 2.77. The van der Waals surface area contributed by atoms with Crippen molar-refractivity contribution in [2.75, 3.05) is 35.9 Å². The van der Waals surface area contributed by atoms with Crippen LogP contribution in [0.4, 0.5) is 11.4 Å². The summed E-state index contributed by atoms with van der Waals surface area (Å²) in [6, 6.07) is 15.7. The summed E-state index contributed by atoms with van der Waals surface area (Å²) in [7, 11) is -0.171. The van der Waals surface area contributed by atoms with Crippen molar-refractivity contribution >= 4 is 21.6 Å². The van der Waals surface area contributed by atoms with Crippen LogP contribution in [-0.2, 0) is 16.8 Å². The topological polar surface area (TPSA) is 53.1 Å². The van der Waals surface area contributed by atoms with Gasteiger partial charge in [0.15, 0.2) is 0 Å². The van der Waals surface area contributed by atoms with Gasteiger partial charge in [0.25, 0.3) is 0 Å². The zero-order chi connectivity index (χ0) is 19.0. The molecule has 4 rings (SSSR count). The molecule has 7 heteroatoms. The largest absolute Gasteiger partial charge is 0.497 e. The number of likely N-dealkylation sites (tertiary alicyclic amines) is 1.